The quantitative estimate of drug-likeness (QED) is 0.630. The normalized spacial score (nSPS) is 14.9. The maximum absolute atomic E-state index is 4.12. The van der Waals surface area contributed by atoms with E-state index in [9.17, 15) is 0 Å². The van der Waals surface area contributed by atoms with Crippen molar-refractivity contribution in [1.82, 2.24) is 4.98 Å². The number of nitrogens with one attached hydrogen (secondary N) is 1. The summed E-state index contributed by atoms with van der Waals surface area (Å²) in [7, 11) is 2.25. The molecule has 3 nitrogen and oxygen atoms in total. The fraction of sp³-hybridized carbons (Fsp3) is 0.583. The Bertz CT molecular complexity index is 261. The molecule has 0 aromatic carbocycles. The molecule has 3 heteroatoms. The molecule has 1 heterocycles. The predicted molar refractivity (Wildman–Crippen MR) is 61.5 cm³/mol. The molecule has 0 aliphatic rings. The second kappa shape index (κ2) is 6.53. The highest BCUT2D eigenvalue weighted by atomic mass is 15.1. The molecule has 0 aliphatic carbocycles. The maximum Gasteiger partial charge on any atom is 0.134 e. The topological polar surface area (TPSA) is 45.0 Å². The van der Waals surface area contributed by atoms with Crippen LogP contribution in [-0.4, -0.2) is 31.2 Å². The predicted octanol–water partition coefficient (Wildman–Crippen LogP) is -0.841. The first-order valence-electron chi connectivity index (χ1n) is 5.75. The van der Waals surface area contributed by atoms with Crippen LogP contribution in [0.1, 0.15) is 18.9 Å². The van der Waals surface area contributed by atoms with Crippen LogP contribution in [-0.2, 0) is 6.42 Å². The summed E-state index contributed by atoms with van der Waals surface area (Å²) >= 11 is 0. The Morgan fingerprint density at radius 3 is 2.67 bits per heavy atom. The number of hydrogen-bond acceptors (Lipinski definition) is 1. The highest BCUT2D eigenvalue weighted by molar-refractivity contribution is 5.09. The van der Waals surface area contributed by atoms with Gasteiger partial charge in [-0.1, -0.05) is 6.92 Å². The third-order valence-corrected chi connectivity index (χ3v) is 2.80. The standard InChI is InChI=1S/C12H21N3/c1-3-12(13)10-15(2)9-6-11-4-7-14-8-5-11/h4-5,7-8,12H,3,6,9-10,13H2,1-2H3/p+2/t12-/m1/s1. The van der Waals surface area contributed by atoms with Gasteiger partial charge in [-0.25, -0.2) is 0 Å². The third kappa shape index (κ3) is 4.91. The Morgan fingerprint density at radius 1 is 1.40 bits per heavy atom. The van der Waals surface area contributed by atoms with Gasteiger partial charge in [0.15, 0.2) is 0 Å². The highest BCUT2D eigenvalue weighted by Crippen LogP contribution is 1.94. The summed E-state index contributed by atoms with van der Waals surface area (Å²) in [4.78, 5) is 5.58. The molecule has 0 radical (unpaired) electrons. The highest BCUT2D eigenvalue weighted by Gasteiger charge is 2.10. The van der Waals surface area contributed by atoms with Gasteiger partial charge in [-0.05, 0) is 17.7 Å². The summed E-state index contributed by atoms with van der Waals surface area (Å²) in [6.45, 7) is 4.55. The van der Waals surface area contributed by atoms with Gasteiger partial charge in [0, 0.05) is 25.2 Å². The molecule has 0 saturated carbocycles. The molecule has 1 aromatic heterocycles. The molecule has 1 rings (SSSR count). The molecule has 15 heavy (non-hydrogen) atoms. The summed E-state index contributed by atoms with van der Waals surface area (Å²) in [5.74, 6) is 0. The van der Waals surface area contributed by atoms with Crippen LogP contribution < -0.4 is 10.6 Å². The molecular weight excluding hydrogens is 186 g/mol. The number of hydrogen-bond donors (Lipinski definition) is 2. The summed E-state index contributed by atoms with van der Waals surface area (Å²) < 4.78 is 0. The molecule has 0 spiro atoms. The molecule has 1 unspecified atom stereocenters. The molecule has 4 N–H and O–H groups in total. The summed E-state index contributed by atoms with van der Waals surface area (Å²) in [6, 6.07) is 4.77. The van der Waals surface area contributed by atoms with Gasteiger partial charge in [-0.15, -0.1) is 0 Å². The lowest BCUT2D eigenvalue weighted by Crippen LogP contribution is -3.12. The van der Waals surface area contributed by atoms with E-state index in [2.05, 4.69) is 36.8 Å². The summed E-state index contributed by atoms with van der Waals surface area (Å²) in [5, 5.41) is 0. The van der Waals surface area contributed by atoms with E-state index in [0.29, 0.717) is 6.04 Å². The Hall–Kier alpha value is -0.930. The molecule has 2 atom stereocenters. The van der Waals surface area contributed by atoms with E-state index < -0.39 is 0 Å². The molecule has 0 amide bonds. The minimum absolute atomic E-state index is 0.586. The van der Waals surface area contributed by atoms with Crippen molar-refractivity contribution < 1.29 is 10.6 Å². The van der Waals surface area contributed by atoms with Gasteiger partial charge in [0.05, 0.1) is 13.6 Å². The molecular formula is C12H23N3+2. The SMILES string of the molecule is CC[C@@H]([NH3+])C[NH+](C)CCc1ccncc1. The van der Waals surface area contributed by atoms with Crippen molar-refractivity contribution in [1.29, 1.82) is 0 Å². The van der Waals surface area contributed by atoms with Crippen LogP contribution in [0.3, 0.4) is 0 Å². The maximum atomic E-state index is 4.12. The first-order chi connectivity index (χ1) is 7.22. The lowest BCUT2D eigenvalue weighted by atomic mass is 10.2. The van der Waals surface area contributed by atoms with Gasteiger partial charge < -0.3 is 10.6 Å². The number of nitrogens with zero attached hydrogens (tertiary/aromatic N) is 1. The zero-order chi connectivity index (χ0) is 11.1. The van der Waals surface area contributed by atoms with Gasteiger partial charge in [-0.2, -0.15) is 0 Å². The first-order valence-corrected chi connectivity index (χ1v) is 5.75. The molecule has 84 valence electrons. The van der Waals surface area contributed by atoms with E-state index in [1.807, 2.05) is 12.4 Å². The van der Waals surface area contributed by atoms with Crippen LogP contribution in [0.4, 0.5) is 0 Å². The molecule has 0 bridgehead atoms. The van der Waals surface area contributed by atoms with Crippen molar-refractivity contribution in [3.63, 3.8) is 0 Å². The van der Waals surface area contributed by atoms with Crippen molar-refractivity contribution >= 4 is 0 Å². The van der Waals surface area contributed by atoms with Gasteiger partial charge in [0.2, 0.25) is 0 Å². The van der Waals surface area contributed by atoms with Gasteiger partial charge in [-0.3, -0.25) is 4.98 Å². The molecule has 0 fully saturated rings. The van der Waals surface area contributed by atoms with Crippen molar-refractivity contribution in [3.05, 3.63) is 30.1 Å². The minimum atomic E-state index is 0.586. The Labute approximate surface area is 92.3 Å². The monoisotopic (exact) mass is 209 g/mol. The van der Waals surface area contributed by atoms with Crippen molar-refractivity contribution in [3.8, 4) is 0 Å². The summed E-state index contributed by atoms with van der Waals surface area (Å²) in [5.41, 5.74) is 5.50. The van der Waals surface area contributed by atoms with E-state index in [4.69, 9.17) is 0 Å². The smallest absolute Gasteiger partial charge is 0.134 e. The number of aromatic nitrogens is 1. The van der Waals surface area contributed by atoms with Crippen LogP contribution >= 0.6 is 0 Å². The Morgan fingerprint density at radius 2 is 2.07 bits per heavy atom. The van der Waals surface area contributed by atoms with Crippen LogP contribution in [0.25, 0.3) is 0 Å². The number of pyridine rings is 1. The van der Waals surface area contributed by atoms with Crippen molar-refractivity contribution in [2.24, 2.45) is 0 Å². The Balaban J connectivity index is 2.25. The van der Waals surface area contributed by atoms with Crippen molar-refractivity contribution in [2.75, 3.05) is 20.1 Å². The Kier molecular flexibility index (Phi) is 5.29. The molecule has 0 aliphatic heterocycles. The minimum Gasteiger partial charge on any atom is -0.350 e. The van der Waals surface area contributed by atoms with Gasteiger partial charge in [0.1, 0.15) is 12.6 Å². The fourth-order valence-corrected chi connectivity index (χ4v) is 1.65. The van der Waals surface area contributed by atoms with Crippen LogP contribution in [0.2, 0.25) is 0 Å². The van der Waals surface area contributed by atoms with Gasteiger partial charge >= 0.3 is 0 Å². The van der Waals surface area contributed by atoms with Gasteiger partial charge in [0.25, 0.3) is 0 Å². The van der Waals surface area contributed by atoms with E-state index in [-0.39, 0.29) is 0 Å². The van der Waals surface area contributed by atoms with E-state index in [1.54, 1.807) is 4.90 Å². The second-order valence-corrected chi connectivity index (χ2v) is 4.29. The molecule has 0 saturated heterocycles. The number of likely N-dealkylation sites (N-methyl/N-ethyl adjacent to an activating group) is 1. The lowest BCUT2D eigenvalue weighted by molar-refractivity contribution is -0.889. The summed E-state index contributed by atoms with van der Waals surface area (Å²) in [6.07, 6.45) is 6.03. The zero-order valence-corrected chi connectivity index (χ0v) is 9.87. The average molecular weight is 209 g/mol. The second-order valence-electron chi connectivity index (χ2n) is 4.29. The third-order valence-electron chi connectivity index (χ3n) is 2.80. The van der Waals surface area contributed by atoms with E-state index >= 15 is 0 Å². The largest absolute Gasteiger partial charge is 0.350 e. The zero-order valence-electron chi connectivity index (χ0n) is 9.87. The van der Waals surface area contributed by atoms with Crippen molar-refractivity contribution in [2.45, 2.75) is 25.8 Å². The van der Waals surface area contributed by atoms with Crippen LogP contribution in [0, 0.1) is 0 Å². The molecule has 1 aromatic rings. The van der Waals surface area contributed by atoms with Crippen LogP contribution in [0.15, 0.2) is 24.5 Å². The van der Waals surface area contributed by atoms with E-state index in [1.165, 1.54) is 25.1 Å². The number of quaternary nitrogens is 2. The van der Waals surface area contributed by atoms with E-state index in [0.717, 1.165) is 6.42 Å². The lowest BCUT2D eigenvalue weighted by Gasteiger charge is -2.15. The first kappa shape index (κ1) is 12.1. The fourth-order valence-electron chi connectivity index (χ4n) is 1.65. The van der Waals surface area contributed by atoms with Crippen LogP contribution in [0.5, 0.6) is 0 Å². The number of rotatable bonds is 6. The average Bonchev–Trinajstić information content (AvgIpc) is 2.27.